The summed E-state index contributed by atoms with van der Waals surface area (Å²) in [7, 11) is 0. The van der Waals surface area contributed by atoms with Crippen LogP contribution in [0.1, 0.15) is 88.0 Å². The van der Waals surface area contributed by atoms with Crippen LogP contribution in [0.4, 0.5) is 4.53 Å². The maximum absolute atomic E-state index is 14.4. The van der Waals surface area contributed by atoms with E-state index in [0.717, 1.165) is 19.3 Å². The second kappa shape index (κ2) is 14.7. The fraction of sp³-hybridized carbons (Fsp3) is 1.00. The summed E-state index contributed by atoms with van der Waals surface area (Å²) in [5, 5.41) is 0. The average molecular weight is 425 g/mol. The lowest BCUT2D eigenvalue weighted by molar-refractivity contribution is -0.507. The largest absolute Gasteiger partial charge is 0.349 e. The summed E-state index contributed by atoms with van der Waals surface area (Å²) in [4.78, 5) is 4.55. The molecule has 0 aromatic rings. The fourth-order valence-electron chi connectivity index (χ4n) is 2.52. The van der Waals surface area contributed by atoms with Gasteiger partial charge in [-0.3, -0.25) is 0 Å². The van der Waals surface area contributed by atoms with Crippen molar-refractivity contribution in [1.82, 2.24) is 0 Å². The van der Waals surface area contributed by atoms with E-state index in [2.05, 4.69) is 11.9 Å². The second-order valence-corrected chi connectivity index (χ2v) is 8.37. The standard InChI is InChI=1S/C22H45FO6/c1-10-13-15-25-22(26-16-17(4)5,28-19(8)12-3)21(9,29-23)20(24-14-11-2)27-18(6)7/h17-20H,10-16H2,1-9H3. The number of unbranched alkanes of at least 4 members (excludes halogenated alkanes) is 1. The van der Waals surface area contributed by atoms with Gasteiger partial charge in [0.25, 0.3) is 0 Å². The molecule has 0 aromatic carbocycles. The summed E-state index contributed by atoms with van der Waals surface area (Å²) < 4.78 is 44.6. The van der Waals surface area contributed by atoms with Gasteiger partial charge in [-0.05, 0) is 57.4 Å². The first-order valence-electron chi connectivity index (χ1n) is 11.1. The van der Waals surface area contributed by atoms with Crippen LogP contribution < -0.4 is 0 Å². The van der Waals surface area contributed by atoms with E-state index in [-0.39, 0.29) is 18.1 Å². The number of halogens is 1. The molecule has 0 saturated carbocycles. The summed E-state index contributed by atoms with van der Waals surface area (Å²) in [6.45, 7) is 18.1. The Bertz CT molecular complexity index is 409. The Morgan fingerprint density at radius 2 is 1.55 bits per heavy atom. The Hall–Kier alpha value is -0.310. The van der Waals surface area contributed by atoms with Gasteiger partial charge in [-0.15, -0.1) is 0 Å². The van der Waals surface area contributed by atoms with Crippen molar-refractivity contribution in [3.05, 3.63) is 0 Å². The van der Waals surface area contributed by atoms with Gasteiger partial charge in [-0.1, -0.05) is 41.0 Å². The molecule has 0 amide bonds. The van der Waals surface area contributed by atoms with E-state index < -0.39 is 17.9 Å². The first kappa shape index (κ1) is 28.7. The fourth-order valence-corrected chi connectivity index (χ4v) is 2.52. The summed E-state index contributed by atoms with van der Waals surface area (Å²) in [5.74, 6) is -1.65. The predicted octanol–water partition coefficient (Wildman–Crippen LogP) is 5.78. The van der Waals surface area contributed by atoms with Crippen LogP contribution in [0.15, 0.2) is 0 Å². The van der Waals surface area contributed by atoms with Crippen molar-refractivity contribution < 1.29 is 33.2 Å². The lowest BCUT2D eigenvalue weighted by atomic mass is 10.0. The van der Waals surface area contributed by atoms with Gasteiger partial charge in [0.05, 0.1) is 25.4 Å². The third-order valence-corrected chi connectivity index (χ3v) is 4.42. The highest BCUT2D eigenvalue weighted by molar-refractivity contribution is 4.91. The Balaban J connectivity index is 6.23. The van der Waals surface area contributed by atoms with Crippen LogP contribution in [0.2, 0.25) is 0 Å². The summed E-state index contributed by atoms with van der Waals surface area (Å²) >= 11 is 0. The van der Waals surface area contributed by atoms with Crippen LogP contribution in [0, 0.1) is 5.92 Å². The zero-order valence-electron chi connectivity index (χ0n) is 20.1. The molecule has 0 aliphatic carbocycles. The van der Waals surface area contributed by atoms with Crippen molar-refractivity contribution in [2.45, 2.75) is 118 Å². The quantitative estimate of drug-likeness (QED) is 0.205. The minimum atomic E-state index is -1.83. The molecule has 4 unspecified atom stereocenters. The normalized spacial score (nSPS) is 18.6. The zero-order valence-corrected chi connectivity index (χ0v) is 20.1. The van der Waals surface area contributed by atoms with Crippen LogP contribution >= 0.6 is 0 Å². The molecule has 0 N–H and O–H groups in total. The number of rotatable bonds is 18. The first-order chi connectivity index (χ1) is 13.6. The Labute approximate surface area is 177 Å². The maximum Gasteiger partial charge on any atom is 0.322 e. The molecule has 0 fully saturated rings. The molecular formula is C22H45FO6. The number of ether oxygens (including phenoxy) is 5. The number of hydrogen-bond acceptors (Lipinski definition) is 6. The lowest BCUT2D eigenvalue weighted by Gasteiger charge is -2.47. The van der Waals surface area contributed by atoms with Crippen molar-refractivity contribution in [3.8, 4) is 0 Å². The van der Waals surface area contributed by atoms with Crippen molar-refractivity contribution >= 4 is 0 Å². The third-order valence-electron chi connectivity index (χ3n) is 4.42. The molecule has 0 heterocycles. The Kier molecular flexibility index (Phi) is 14.5. The molecule has 0 aromatic heterocycles. The van der Waals surface area contributed by atoms with E-state index in [1.165, 1.54) is 6.92 Å². The van der Waals surface area contributed by atoms with E-state index >= 15 is 0 Å². The lowest BCUT2D eigenvalue weighted by Crippen LogP contribution is -2.66. The first-order valence-corrected chi connectivity index (χ1v) is 11.1. The third kappa shape index (κ3) is 9.15. The molecule has 7 heteroatoms. The highest BCUT2D eigenvalue weighted by Gasteiger charge is 2.62. The topological polar surface area (TPSA) is 55.4 Å². The average Bonchev–Trinajstić information content (AvgIpc) is 2.68. The predicted molar refractivity (Wildman–Crippen MR) is 112 cm³/mol. The van der Waals surface area contributed by atoms with Gasteiger partial charge in [0.2, 0.25) is 5.60 Å². The molecule has 0 rings (SSSR count). The molecule has 0 saturated heterocycles. The number of hydrogen-bond donors (Lipinski definition) is 0. The summed E-state index contributed by atoms with van der Waals surface area (Å²) in [6, 6.07) is 0. The van der Waals surface area contributed by atoms with Gasteiger partial charge < -0.3 is 23.7 Å². The Morgan fingerprint density at radius 3 is 2.00 bits per heavy atom. The molecule has 29 heavy (non-hydrogen) atoms. The molecule has 0 aliphatic rings. The van der Waals surface area contributed by atoms with Gasteiger partial charge in [-0.25, -0.2) is 0 Å². The molecule has 0 radical (unpaired) electrons. The molecular weight excluding hydrogens is 379 g/mol. The van der Waals surface area contributed by atoms with Crippen molar-refractivity contribution in [3.63, 3.8) is 0 Å². The Morgan fingerprint density at radius 1 is 0.897 bits per heavy atom. The van der Waals surface area contributed by atoms with Crippen LogP contribution in [0.25, 0.3) is 0 Å². The molecule has 0 aliphatic heterocycles. The van der Waals surface area contributed by atoms with E-state index in [4.69, 9.17) is 23.7 Å². The van der Waals surface area contributed by atoms with E-state index in [0.29, 0.717) is 26.2 Å². The van der Waals surface area contributed by atoms with Crippen LogP contribution in [-0.4, -0.2) is 49.9 Å². The van der Waals surface area contributed by atoms with Gasteiger partial charge in [-0.2, -0.15) is 4.94 Å². The van der Waals surface area contributed by atoms with Crippen molar-refractivity contribution in [2.24, 2.45) is 5.92 Å². The van der Waals surface area contributed by atoms with Gasteiger partial charge in [0.15, 0.2) is 6.29 Å². The summed E-state index contributed by atoms with van der Waals surface area (Å²) in [5.41, 5.74) is -1.81. The van der Waals surface area contributed by atoms with Crippen molar-refractivity contribution in [2.75, 3.05) is 19.8 Å². The second-order valence-electron chi connectivity index (χ2n) is 8.37. The van der Waals surface area contributed by atoms with Crippen LogP contribution in [0.3, 0.4) is 0 Å². The van der Waals surface area contributed by atoms with E-state index in [1.54, 1.807) is 0 Å². The van der Waals surface area contributed by atoms with Crippen LogP contribution in [0.5, 0.6) is 0 Å². The maximum atomic E-state index is 14.4. The minimum Gasteiger partial charge on any atom is -0.349 e. The smallest absolute Gasteiger partial charge is 0.322 e. The van der Waals surface area contributed by atoms with Crippen molar-refractivity contribution in [1.29, 1.82) is 0 Å². The van der Waals surface area contributed by atoms with Gasteiger partial charge >= 0.3 is 5.97 Å². The van der Waals surface area contributed by atoms with Crippen LogP contribution in [-0.2, 0) is 28.6 Å². The molecule has 0 spiro atoms. The molecule has 176 valence electrons. The highest BCUT2D eigenvalue weighted by atomic mass is 19.3. The monoisotopic (exact) mass is 424 g/mol. The van der Waals surface area contributed by atoms with E-state index in [9.17, 15) is 4.53 Å². The van der Waals surface area contributed by atoms with Gasteiger partial charge in [0, 0.05) is 6.61 Å². The van der Waals surface area contributed by atoms with E-state index in [1.807, 2.05) is 48.5 Å². The molecule has 4 atom stereocenters. The van der Waals surface area contributed by atoms with Gasteiger partial charge in [0.1, 0.15) is 0 Å². The minimum absolute atomic E-state index is 0.176. The molecule has 6 nitrogen and oxygen atoms in total. The zero-order chi connectivity index (χ0) is 22.5. The molecule has 0 bridgehead atoms. The summed E-state index contributed by atoms with van der Waals surface area (Å²) in [6.07, 6.45) is 1.53. The SMILES string of the molecule is CCCCOC(OCC(C)C)(OC(C)CC)C(C)(OF)C(OCCC)OC(C)C. The highest BCUT2D eigenvalue weighted by Crippen LogP contribution is 2.40.